The van der Waals surface area contributed by atoms with Gasteiger partial charge in [-0.3, -0.25) is 0 Å². The zero-order chi connectivity index (χ0) is 11.7. The zero-order valence-electron chi connectivity index (χ0n) is 9.76. The molecule has 1 saturated heterocycles. The smallest absolute Gasteiger partial charge is 0.119 e. The second-order valence-electron chi connectivity index (χ2n) is 4.78. The number of aromatic hydroxyl groups is 1. The van der Waals surface area contributed by atoms with Gasteiger partial charge in [0.25, 0.3) is 0 Å². The standard InChI is InChI=1S/C13H18BrNO/c1-8(2)10-6-13(16)11(5-12(10)14)9-3-4-15-7-9/h5-6,8-9,15-16H,3-4,7H2,1-2H3. The van der Waals surface area contributed by atoms with Crippen LogP contribution in [0.2, 0.25) is 0 Å². The Hall–Kier alpha value is -0.540. The normalized spacial score (nSPS) is 20.6. The molecule has 2 nitrogen and oxygen atoms in total. The predicted octanol–water partition coefficient (Wildman–Crippen LogP) is 3.36. The van der Waals surface area contributed by atoms with E-state index < -0.39 is 0 Å². The van der Waals surface area contributed by atoms with Gasteiger partial charge < -0.3 is 10.4 Å². The second-order valence-corrected chi connectivity index (χ2v) is 5.63. The van der Waals surface area contributed by atoms with Gasteiger partial charge in [-0.15, -0.1) is 0 Å². The first-order valence-electron chi connectivity index (χ1n) is 5.82. The van der Waals surface area contributed by atoms with Crippen LogP contribution in [0.4, 0.5) is 0 Å². The molecule has 1 unspecified atom stereocenters. The van der Waals surface area contributed by atoms with Gasteiger partial charge in [0.15, 0.2) is 0 Å². The van der Waals surface area contributed by atoms with E-state index in [1.807, 2.05) is 6.07 Å². The van der Waals surface area contributed by atoms with Crippen LogP contribution in [0, 0.1) is 0 Å². The minimum atomic E-state index is 0.427. The minimum Gasteiger partial charge on any atom is -0.508 e. The maximum atomic E-state index is 10.1. The first kappa shape index (κ1) is 11.9. The Kier molecular flexibility index (Phi) is 3.55. The molecule has 2 N–H and O–H groups in total. The number of benzene rings is 1. The Morgan fingerprint density at radius 2 is 2.19 bits per heavy atom. The highest BCUT2D eigenvalue weighted by atomic mass is 79.9. The van der Waals surface area contributed by atoms with E-state index in [1.54, 1.807) is 0 Å². The number of phenolic OH excluding ortho intramolecular Hbond substituents is 1. The van der Waals surface area contributed by atoms with Gasteiger partial charge in [0.1, 0.15) is 5.75 Å². The molecule has 1 aromatic carbocycles. The quantitative estimate of drug-likeness (QED) is 0.873. The Labute approximate surface area is 105 Å². The molecule has 0 radical (unpaired) electrons. The van der Waals surface area contributed by atoms with Crippen molar-refractivity contribution in [2.75, 3.05) is 13.1 Å². The number of hydrogen-bond donors (Lipinski definition) is 2. The summed E-state index contributed by atoms with van der Waals surface area (Å²) in [5.74, 6) is 1.33. The fraction of sp³-hybridized carbons (Fsp3) is 0.538. The fourth-order valence-electron chi connectivity index (χ4n) is 2.28. The molecular formula is C13H18BrNO. The van der Waals surface area contributed by atoms with E-state index in [2.05, 4.69) is 41.2 Å². The summed E-state index contributed by atoms with van der Waals surface area (Å²) in [6, 6.07) is 3.99. The van der Waals surface area contributed by atoms with Crippen molar-refractivity contribution in [1.29, 1.82) is 0 Å². The van der Waals surface area contributed by atoms with Gasteiger partial charge in [0.05, 0.1) is 0 Å². The summed E-state index contributed by atoms with van der Waals surface area (Å²) < 4.78 is 1.11. The summed E-state index contributed by atoms with van der Waals surface area (Å²) in [7, 11) is 0. The van der Waals surface area contributed by atoms with Gasteiger partial charge in [-0.05, 0) is 42.1 Å². The molecule has 1 aliphatic rings. The Balaban J connectivity index is 2.37. The van der Waals surface area contributed by atoms with Gasteiger partial charge in [-0.2, -0.15) is 0 Å². The molecule has 2 rings (SSSR count). The van der Waals surface area contributed by atoms with Crippen molar-refractivity contribution in [3.63, 3.8) is 0 Å². The van der Waals surface area contributed by atoms with Crippen LogP contribution in [0.15, 0.2) is 16.6 Å². The summed E-state index contributed by atoms with van der Waals surface area (Å²) in [6.07, 6.45) is 1.11. The maximum absolute atomic E-state index is 10.1. The van der Waals surface area contributed by atoms with Crippen molar-refractivity contribution in [1.82, 2.24) is 5.32 Å². The molecule has 0 amide bonds. The van der Waals surface area contributed by atoms with Gasteiger partial charge in [0.2, 0.25) is 0 Å². The van der Waals surface area contributed by atoms with Crippen LogP contribution in [0.3, 0.4) is 0 Å². The minimum absolute atomic E-state index is 0.427. The van der Waals surface area contributed by atoms with Crippen molar-refractivity contribution in [3.8, 4) is 5.75 Å². The second kappa shape index (κ2) is 4.76. The van der Waals surface area contributed by atoms with E-state index in [0.29, 0.717) is 17.6 Å². The SMILES string of the molecule is CC(C)c1cc(O)c(C2CCNC2)cc1Br. The van der Waals surface area contributed by atoms with E-state index in [-0.39, 0.29) is 0 Å². The zero-order valence-corrected chi connectivity index (χ0v) is 11.3. The Bertz CT molecular complexity index is 384. The van der Waals surface area contributed by atoms with E-state index in [1.165, 1.54) is 5.56 Å². The molecule has 0 aromatic heterocycles. The van der Waals surface area contributed by atoms with Gasteiger partial charge in [-0.1, -0.05) is 29.8 Å². The highest BCUT2D eigenvalue weighted by molar-refractivity contribution is 9.10. The average Bonchev–Trinajstić information content (AvgIpc) is 2.73. The molecule has 1 aliphatic heterocycles. The van der Waals surface area contributed by atoms with Crippen LogP contribution in [-0.4, -0.2) is 18.2 Å². The molecule has 0 aliphatic carbocycles. The van der Waals surface area contributed by atoms with Gasteiger partial charge in [-0.25, -0.2) is 0 Å². The van der Waals surface area contributed by atoms with Crippen LogP contribution in [-0.2, 0) is 0 Å². The molecule has 88 valence electrons. The Morgan fingerprint density at radius 1 is 1.44 bits per heavy atom. The summed E-state index contributed by atoms with van der Waals surface area (Å²) in [4.78, 5) is 0. The topological polar surface area (TPSA) is 32.3 Å². The van der Waals surface area contributed by atoms with Gasteiger partial charge >= 0.3 is 0 Å². The third-order valence-corrected chi connectivity index (χ3v) is 3.95. The van der Waals surface area contributed by atoms with Crippen LogP contribution in [0.5, 0.6) is 5.75 Å². The van der Waals surface area contributed by atoms with E-state index in [9.17, 15) is 5.11 Å². The lowest BCUT2D eigenvalue weighted by Gasteiger charge is -2.16. The average molecular weight is 284 g/mol. The molecule has 1 atom stereocenters. The molecular weight excluding hydrogens is 266 g/mol. The largest absolute Gasteiger partial charge is 0.508 e. The monoisotopic (exact) mass is 283 g/mol. The third-order valence-electron chi connectivity index (χ3n) is 3.27. The van der Waals surface area contributed by atoms with Crippen molar-refractivity contribution in [2.24, 2.45) is 0 Å². The molecule has 1 aromatic rings. The van der Waals surface area contributed by atoms with E-state index in [0.717, 1.165) is 29.5 Å². The highest BCUT2D eigenvalue weighted by Crippen LogP contribution is 2.36. The van der Waals surface area contributed by atoms with Crippen molar-refractivity contribution < 1.29 is 5.11 Å². The molecule has 1 fully saturated rings. The maximum Gasteiger partial charge on any atom is 0.119 e. The summed E-state index contributed by atoms with van der Waals surface area (Å²) >= 11 is 3.60. The Morgan fingerprint density at radius 3 is 2.75 bits per heavy atom. The first-order valence-corrected chi connectivity index (χ1v) is 6.62. The predicted molar refractivity (Wildman–Crippen MR) is 70.1 cm³/mol. The molecule has 16 heavy (non-hydrogen) atoms. The lowest BCUT2D eigenvalue weighted by molar-refractivity contribution is 0.461. The number of phenols is 1. The highest BCUT2D eigenvalue weighted by Gasteiger charge is 2.21. The summed E-state index contributed by atoms with van der Waals surface area (Å²) in [6.45, 7) is 6.29. The molecule has 0 spiro atoms. The van der Waals surface area contributed by atoms with Crippen molar-refractivity contribution >= 4 is 15.9 Å². The van der Waals surface area contributed by atoms with Crippen LogP contribution in [0.1, 0.15) is 43.2 Å². The van der Waals surface area contributed by atoms with Crippen LogP contribution in [0.25, 0.3) is 0 Å². The molecule has 1 heterocycles. The molecule has 0 bridgehead atoms. The number of hydrogen-bond acceptors (Lipinski definition) is 2. The van der Waals surface area contributed by atoms with Crippen molar-refractivity contribution in [3.05, 3.63) is 27.7 Å². The lowest BCUT2D eigenvalue weighted by Crippen LogP contribution is -2.08. The lowest BCUT2D eigenvalue weighted by atomic mass is 9.93. The fourth-order valence-corrected chi connectivity index (χ4v) is 3.10. The third kappa shape index (κ3) is 2.25. The number of halogens is 1. The van der Waals surface area contributed by atoms with Crippen molar-refractivity contribution in [2.45, 2.75) is 32.1 Å². The molecule has 0 saturated carbocycles. The van der Waals surface area contributed by atoms with E-state index >= 15 is 0 Å². The number of rotatable bonds is 2. The summed E-state index contributed by atoms with van der Waals surface area (Å²) in [5.41, 5.74) is 2.24. The summed E-state index contributed by atoms with van der Waals surface area (Å²) in [5, 5.41) is 13.4. The van der Waals surface area contributed by atoms with E-state index in [4.69, 9.17) is 0 Å². The van der Waals surface area contributed by atoms with Crippen LogP contribution < -0.4 is 5.32 Å². The van der Waals surface area contributed by atoms with Gasteiger partial charge in [0, 0.05) is 16.9 Å². The van der Waals surface area contributed by atoms with Crippen LogP contribution >= 0.6 is 15.9 Å². The molecule has 3 heteroatoms. The first-order chi connectivity index (χ1) is 7.59. The number of nitrogens with one attached hydrogen (secondary N) is 1.